The average Bonchev–Trinajstić information content (AvgIpc) is 3.69. The predicted octanol–water partition coefficient (Wildman–Crippen LogP) is 18.3. The molecule has 0 atom stereocenters. The molecule has 0 bridgehead atoms. The van der Waals surface area contributed by atoms with Crippen LogP contribution in [0.4, 0.5) is 34.1 Å². The van der Waals surface area contributed by atoms with Crippen molar-refractivity contribution in [2.24, 2.45) is 0 Å². The molecule has 0 aliphatic heterocycles. The van der Waals surface area contributed by atoms with Crippen LogP contribution >= 0.6 is 0 Å². The number of rotatable bonds is 8. The van der Waals surface area contributed by atoms with E-state index in [9.17, 15) is 0 Å². The maximum atomic E-state index is 2.53. The van der Waals surface area contributed by atoms with Crippen molar-refractivity contribution < 1.29 is 0 Å². The largest absolute Gasteiger partial charge is 0.310 e. The fourth-order valence-electron chi connectivity index (χ4n) is 10.0. The van der Waals surface area contributed by atoms with Gasteiger partial charge in [0.15, 0.2) is 0 Å². The van der Waals surface area contributed by atoms with Crippen molar-refractivity contribution in [3.8, 4) is 16.8 Å². The summed E-state index contributed by atoms with van der Waals surface area (Å²) < 4.78 is 2.53. The minimum atomic E-state index is 0.0323. The van der Waals surface area contributed by atoms with Crippen LogP contribution in [0, 0.1) is 0 Å². The summed E-state index contributed by atoms with van der Waals surface area (Å²) in [4.78, 5) is 4.89. The minimum absolute atomic E-state index is 0.0323. The zero-order valence-electron chi connectivity index (χ0n) is 39.2. The van der Waals surface area contributed by atoms with E-state index in [-0.39, 0.29) is 10.8 Å². The first kappa shape index (κ1) is 41.8. The van der Waals surface area contributed by atoms with Gasteiger partial charge in [-0.05, 0) is 117 Å². The molecule has 0 fully saturated rings. The Morgan fingerprint density at radius 1 is 0.313 bits per heavy atom. The summed E-state index contributed by atoms with van der Waals surface area (Å²) in [7, 11) is 0. The third-order valence-corrected chi connectivity index (χ3v) is 13.4. The fraction of sp³-hybridized carbons (Fsp3) is 0.125. The lowest BCUT2D eigenvalue weighted by molar-refractivity contribution is 0.590. The van der Waals surface area contributed by atoms with Gasteiger partial charge in [0, 0.05) is 50.0 Å². The number of hydrogen-bond donors (Lipinski definition) is 0. The van der Waals surface area contributed by atoms with Crippen molar-refractivity contribution in [2.75, 3.05) is 9.80 Å². The van der Waals surface area contributed by atoms with E-state index >= 15 is 0 Å². The van der Waals surface area contributed by atoms with Crippen LogP contribution in [0.2, 0.25) is 0 Å². The first-order valence-electron chi connectivity index (χ1n) is 23.5. The van der Waals surface area contributed by atoms with Crippen LogP contribution in [0.1, 0.15) is 52.7 Å². The maximum Gasteiger partial charge on any atom is 0.0568 e. The molecule has 0 unspecified atom stereocenters. The Kier molecular flexibility index (Phi) is 10.3. The summed E-state index contributed by atoms with van der Waals surface area (Å²) >= 11 is 0. The molecule has 1 heterocycles. The molecule has 0 saturated heterocycles. The lowest BCUT2D eigenvalue weighted by Crippen LogP contribution is -2.13. The second kappa shape index (κ2) is 16.5. The molecule has 10 aromatic carbocycles. The van der Waals surface area contributed by atoms with Gasteiger partial charge in [-0.25, -0.2) is 0 Å². The Morgan fingerprint density at radius 3 is 1.09 bits per heavy atom. The summed E-state index contributed by atoms with van der Waals surface area (Å²) in [5.74, 6) is 0. The summed E-state index contributed by atoms with van der Waals surface area (Å²) in [5, 5.41) is 7.27. The van der Waals surface area contributed by atoms with Gasteiger partial charge in [-0.15, -0.1) is 0 Å². The first-order chi connectivity index (χ1) is 32.5. The lowest BCUT2D eigenvalue weighted by atomic mass is 9.87. The zero-order valence-corrected chi connectivity index (χ0v) is 39.2. The van der Waals surface area contributed by atoms with E-state index in [0.29, 0.717) is 0 Å². The van der Waals surface area contributed by atoms with Crippen molar-refractivity contribution in [3.63, 3.8) is 0 Å². The predicted molar refractivity (Wildman–Crippen MR) is 288 cm³/mol. The molecule has 3 heteroatoms. The van der Waals surface area contributed by atoms with Gasteiger partial charge in [0.1, 0.15) is 0 Å². The van der Waals surface area contributed by atoms with Gasteiger partial charge in [-0.1, -0.05) is 193 Å². The highest BCUT2D eigenvalue weighted by Crippen LogP contribution is 2.50. The Labute approximate surface area is 394 Å². The molecule has 67 heavy (non-hydrogen) atoms. The second-order valence-corrected chi connectivity index (χ2v) is 19.9. The van der Waals surface area contributed by atoms with Crippen molar-refractivity contribution >= 4 is 77.5 Å². The van der Waals surface area contributed by atoms with E-state index in [1.165, 1.54) is 54.6 Å². The number of benzene rings is 10. The molecule has 1 aromatic heterocycles. The Bertz CT molecular complexity index is 3360. The normalized spacial score (nSPS) is 12.0. The van der Waals surface area contributed by atoms with E-state index in [4.69, 9.17) is 0 Å². The van der Waals surface area contributed by atoms with Crippen LogP contribution in [-0.4, -0.2) is 4.57 Å². The summed E-state index contributed by atoms with van der Waals surface area (Å²) in [5.41, 5.74) is 15.1. The van der Waals surface area contributed by atoms with E-state index in [1.54, 1.807) is 0 Å². The number of anilines is 6. The molecule has 0 N–H and O–H groups in total. The molecule has 3 nitrogen and oxygen atoms in total. The van der Waals surface area contributed by atoms with E-state index in [2.05, 4.69) is 280 Å². The number of para-hydroxylation sites is 2. The average molecular weight is 866 g/mol. The van der Waals surface area contributed by atoms with Gasteiger partial charge in [-0.3, -0.25) is 0 Å². The highest BCUT2D eigenvalue weighted by molar-refractivity contribution is 6.32. The Balaban J connectivity index is 1.28. The topological polar surface area (TPSA) is 11.4 Å². The minimum Gasteiger partial charge on any atom is -0.310 e. The smallest absolute Gasteiger partial charge is 0.0568 e. The zero-order chi connectivity index (χ0) is 45.9. The molecular weight excluding hydrogens is 811 g/mol. The third kappa shape index (κ3) is 7.51. The molecule has 0 spiro atoms. The van der Waals surface area contributed by atoms with Crippen LogP contribution < -0.4 is 9.80 Å². The highest BCUT2D eigenvalue weighted by atomic mass is 15.2. The Hall–Kier alpha value is -7.88. The summed E-state index contributed by atoms with van der Waals surface area (Å²) in [6.07, 6.45) is 0. The van der Waals surface area contributed by atoms with Crippen molar-refractivity contribution in [3.05, 3.63) is 236 Å². The molecule has 326 valence electrons. The van der Waals surface area contributed by atoms with Crippen molar-refractivity contribution in [2.45, 2.75) is 52.4 Å². The van der Waals surface area contributed by atoms with Gasteiger partial charge in [0.25, 0.3) is 0 Å². The summed E-state index contributed by atoms with van der Waals surface area (Å²) in [6, 6.07) is 82.7. The van der Waals surface area contributed by atoms with E-state index in [1.807, 2.05) is 0 Å². The maximum absolute atomic E-state index is 2.53. The third-order valence-electron chi connectivity index (χ3n) is 13.4. The van der Waals surface area contributed by atoms with Crippen molar-refractivity contribution in [1.82, 2.24) is 4.57 Å². The van der Waals surface area contributed by atoms with Crippen LogP contribution in [0.3, 0.4) is 0 Å². The van der Waals surface area contributed by atoms with E-state index in [0.717, 1.165) is 50.8 Å². The molecule has 0 saturated carbocycles. The Morgan fingerprint density at radius 2 is 0.672 bits per heavy atom. The first-order valence-corrected chi connectivity index (χ1v) is 23.5. The van der Waals surface area contributed by atoms with Crippen molar-refractivity contribution in [1.29, 1.82) is 0 Å². The molecule has 0 radical (unpaired) electrons. The molecule has 0 amide bonds. The van der Waals surface area contributed by atoms with Gasteiger partial charge in [-0.2, -0.15) is 0 Å². The summed E-state index contributed by atoms with van der Waals surface area (Å²) in [6.45, 7) is 13.7. The molecule has 0 aliphatic carbocycles. The van der Waals surface area contributed by atoms with Gasteiger partial charge in [0.05, 0.1) is 22.4 Å². The molecule has 11 rings (SSSR count). The van der Waals surface area contributed by atoms with Crippen LogP contribution in [0.15, 0.2) is 224 Å². The monoisotopic (exact) mass is 865 g/mol. The van der Waals surface area contributed by atoms with Gasteiger partial charge >= 0.3 is 0 Å². The molecular formula is C64H55N3. The lowest BCUT2D eigenvalue weighted by Gasteiger charge is -2.28. The number of fused-ring (bicyclic) bond motifs is 7. The standard InChI is InChI=1S/C64H55N3/c1-63(2,3)46-33-37-50(38-34-46)65(48-24-12-8-13-25-48)57-42-59-61(55-31-18-16-29-53(55)57)62-56-32-19-17-30-54(56)58(43-60(62)67(59)52-28-20-23-45(41-52)44-21-10-7-11-22-44)66(49-26-14-9-15-27-49)51-39-35-47(36-40-51)64(4,5)6/h7-43H,1-6H3. The van der Waals surface area contributed by atoms with Crippen LogP contribution in [0.5, 0.6) is 0 Å². The highest BCUT2D eigenvalue weighted by Gasteiger charge is 2.26. The fourth-order valence-corrected chi connectivity index (χ4v) is 10.0. The number of hydrogen-bond acceptors (Lipinski definition) is 2. The van der Waals surface area contributed by atoms with Crippen LogP contribution in [-0.2, 0) is 10.8 Å². The van der Waals surface area contributed by atoms with Gasteiger partial charge < -0.3 is 14.4 Å². The number of nitrogens with zero attached hydrogens (tertiary/aromatic N) is 3. The SMILES string of the molecule is CC(C)(C)c1ccc(N(c2ccccc2)c2cc3c(c4ccccc24)c2c4ccccc4c(N(c4ccccc4)c4ccc(C(C)(C)C)cc4)cc2n3-c2cccc(-c3ccccc3)c2)cc1. The van der Waals surface area contributed by atoms with E-state index < -0.39 is 0 Å². The molecule has 0 aliphatic rings. The van der Waals surface area contributed by atoms with Crippen LogP contribution in [0.25, 0.3) is 60.2 Å². The number of aromatic nitrogens is 1. The quantitative estimate of drug-likeness (QED) is 0.151. The van der Waals surface area contributed by atoms with Gasteiger partial charge in [0.2, 0.25) is 0 Å². The second-order valence-electron chi connectivity index (χ2n) is 19.9. The molecule has 11 aromatic rings.